The van der Waals surface area contributed by atoms with Crippen molar-refractivity contribution in [2.45, 2.75) is 40.0 Å². The van der Waals surface area contributed by atoms with E-state index in [2.05, 4.69) is 73.0 Å². The van der Waals surface area contributed by atoms with Crippen LogP contribution in [0.1, 0.15) is 55.3 Å². The molecule has 0 saturated heterocycles. The van der Waals surface area contributed by atoms with E-state index in [1.807, 2.05) is 36.4 Å². The van der Waals surface area contributed by atoms with E-state index >= 15 is 0 Å². The summed E-state index contributed by atoms with van der Waals surface area (Å²) in [5.41, 5.74) is 2.16. The predicted octanol–water partition coefficient (Wildman–Crippen LogP) is 7.08. The Morgan fingerprint density at radius 3 is 2.34 bits per heavy atom. The molecular formula is C26H32I2NO3+. The molecule has 3 rings (SSSR count). The van der Waals surface area contributed by atoms with Crippen LogP contribution in [0.15, 0.2) is 40.8 Å². The summed E-state index contributed by atoms with van der Waals surface area (Å²) in [6.07, 6.45) is 2.82. The van der Waals surface area contributed by atoms with Gasteiger partial charge in [-0.25, -0.2) is 0 Å². The molecule has 0 amide bonds. The molecule has 0 saturated carbocycles. The Kier molecular flexibility index (Phi) is 9.03. The third kappa shape index (κ3) is 5.67. The molecule has 0 unspecified atom stereocenters. The average molecular weight is 660 g/mol. The summed E-state index contributed by atoms with van der Waals surface area (Å²) >= 11 is 4.56. The molecule has 0 aliphatic carbocycles. The van der Waals surface area contributed by atoms with Gasteiger partial charge in [0.2, 0.25) is 0 Å². The van der Waals surface area contributed by atoms with Crippen LogP contribution in [-0.2, 0) is 6.42 Å². The van der Waals surface area contributed by atoms with Gasteiger partial charge >= 0.3 is 0 Å². The lowest BCUT2D eigenvalue weighted by molar-refractivity contribution is -0.906. The number of halogens is 2. The second-order valence-corrected chi connectivity index (χ2v) is 10.7. The highest BCUT2D eigenvalue weighted by Gasteiger charge is 2.24. The summed E-state index contributed by atoms with van der Waals surface area (Å²) in [6, 6.07) is 11.7. The number of ether oxygens (including phenoxy) is 1. The van der Waals surface area contributed by atoms with Crippen molar-refractivity contribution in [3.05, 3.63) is 60.4 Å². The zero-order valence-corrected chi connectivity index (χ0v) is 23.7. The molecule has 0 atom stereocenters. The van der Waals surface area contributed by atoms with Gasteiger partial charge in [-0.3, -0.25) is 4.79 Å². The Labute approximate surface area is 218 Å². The maximum absolute atomic E-state index is 13.6. The van der Waals surface area contributed by atoms with Crippen LogP contribution in [0.25, 0.3) is 11.0 Å². The van der Waals surface area contributed by atoms with Gasteiger partial charge in [-0.1, -0.05) is 31.5 Å². The number of likely N-dealkylation sites (N-methyl/N-ethyl adjacent to an activating group) is 1. The minimum absolute atomic E-state index is 0.0182. The van der Waals surface area contributed by atoms with Gasteiger partial charge in [0.15, 0.2) is 5.78 Å². The van der Waals surface area contributed by atoms with Crippen molar-refractivity contribution >= 4 is 61.9 Å². The SMILES string of the molecule is CCCCc1oc2ccccc2c1C(=O)c1cc(I)c(OCC[N+](C)(CC)CC)c(I)c1. The van der Waals surface area contributed by atoms with E-state index in [0.717, 1.165) is 73.0 Å². The monoisotopic (exact) mass is 660 g/mol. The summed E-state index contributed by atoms with van der Waals surface area (Å²) in [4.78, 5) is 13.6. The predicted molar refractivity (Wildman–Crippen MR) is 148 cm³/mol. The first-order chi connectivity index (χ1) is 15.3. The Morgan fingerprint density at radius 1 is 1.06 bits per heavy atom. The molecule has 0 aliphatic rings. The van der Waals surface area contributed by atoms with Gasteiger partial charge in [0.25, 0.3) is 0 Å². The number of benzene rings is 2. The minimum atomic E-state index is 0.0182. The smallest absolute Gasteiger partial charge is 0.197 e. The molecule has 0 spiro atoms. The first-order valence-corrected chi connectivity index (χ1v) is 13.5. The summed E-state index contributed by atoms with van der Waals surface area (Å²) in [5.74, 6) is 1.67. The van der Waals surface area contributed by atoms with Gasteiger partial charge in [0.1, 0.15) is 30.2 Å². The fourth-order valence-electron chi connectivity index (χ4n) is 3.74. The largest absolute Gasteiger partial charge is 0.485 e. The standard InChI is InChI=1S/C26H32I2NO3/c1-5-8-12-23-24(19-11-9-10-13-22(19)32-23)25(30)18-16-20(27)26(21(28)17-18)31-15-14-29(4,6-2)7-3/h9-11,13,16-17H,5-8,12,14-15H2,1-4H3/q+1. The second kappa shape index (κ2) is 11.3. The summed E-state index contributed by atoms with van der Waals surface area (Å²) in [5, 5.41) is 0.894. The van der Waals surface area contributed by atoms with E-state index in [1.54, 1.807) is 0 Å². The zero-order chi connectivity index (χ0) is 23.3. The van der Waals surface area contributed by atoms with Gasteiger partial charge in [0.05, 0.1) is 32.8 Å². The fraction of sp³-hybridized carbons (Fsp3) is 0.423. The van der Waals surface area contributed by atoms with Crippen molar-refractivity contribution in [2.75, 3.05) is 33.3 Å². The molecule has 1 aromatic heterocycles. The molecule has 172 valence electrons. The molecular weight excluding hydrogens is 628 g/mol. The van der Waals surface area contributed by atoms with Crippen molar-refractivity contribution in [2.24, 2.45) is 0 Å². The Balaban J connectivity index is 1.89. The quantitative estimate of drug-likeness (QED) is 0.126. The number of para-hydroxylation sites is 1. The molecule has 6 heteroatoms. The molecule has 0 fully saturated rings. The number of quaternary nitrogens is 1. The minimum Gasteiger partial charge on any atom is -0.485 e. The van der Waals surface area contributed by atoms with Crippen LogP contribution in [0.2, 0.25) is 0 Å². The number of hydrogen-bond acceptors (Lipinski definition) is 3. The van der Waals surface area contributed by atoms with Crippen LogP contribution in [0.5, 0.6) is 5.75 Å². The van der Waals surface area contributed by atoms with Crippen molar-refractivity contribution in [3.63, 3.8) is 0 Å². The molecule has 0 aliphatic heterocycles. The van der Waals surface area contributed by atoms with Crippen LogP contribution >= 0.6 is 45.2 Å². The second-order valence-electron chi connectivity index (χ2n) is 8.42. The number of ketones is 1. The summed E-state index contributed by atoms with van der Waals surface area (Å²) < 4.78 is 15.2. The normalized spacial score (nSPS) is 11.8. The number of carbonyl (C=O) groups is 1. The molecule has 0 radical (unpaired) electrons. The third-order valence-corrected chi connectivity index (χ3v) is 7.92. The molecule has 3 aromatic rings. The maximum Gasteiger partial charge on any atom is 0.197 e. The Hall–Kier alpha value is -1.13. The van der Waals surface area contributed by atoms with E-state index in [0.29, 0.717) is 17.7 Å². The number of nitrogens with zero attached hydrogens (tertiary/aromatic N) is 1. The zero-order valence-electron chi connectivity index (χ0n) is 19.3. The van der Waals surface area contributed by atoms with Gasteiger partial charge in [-0.15, -0.1) is 0 Å². The van der Waals surface area contributed by atoms with E-state index in [1.165, 1.54) is 0 Å². The summed E-state index contributed by atoms with van der Waals surface area (Å²) in [7, 11) is 2.26. The Bertz CT molecular complexity index is 1060. The summed E-state index contributed by atoms with van der Waals surface area (Å²) in [6.45, 7) is 10.4. The topological polar surface area (TPSA) is 39.4 Å². The number of hydrogen-bond donors (Lipinski definition) is 0. The first kappa shape index (κ1) is 25.5. The number of rotatable bonds is 11. The van der Waals surface area contributed by atoms with E-state index < -0.39 is 0 Å². The highest BCUT2D eigenvalue weighted by atomic mass is 127. The third-order valence-electron chi connectivity index (χ3n) is 6.32. The molecule has 0 bridgehead atoms. The lowest BCUT2D eigenvalue weighted by Gasteiger charge is -2.32. The number of fused-ring (bicyclic) bond motifs is 1. The highest BCUT2D eigenvalue weighted by Crippen LogP contribution is 2.33. The van der Waals surface area contributed by atoms with Crippen LogP contribution in [0, 0.1) is 7.14 Å². The number of furan rings is 1. The van der Waals surface area contributed by atoms with E-state index in [4.69, 9.17) is 9.15 Å². The van der Waals surface area contributed by atoms with Gasteiger partial charge in [-0.05, 0) is 83.6 Å². The average Bonchev–Trinajstić information content (AvgIpc) is 3.16. The van der Waals surface area contributed by atoms with Gasteiger partial charge in [0, 0.05) is 17.4 Å². The van der Waals surface area contributed by atoms with Crippen molar-refractivity contribution in [1.29, 1.82) is 0 Å². The van der Waals surface area contributed by atoms with Crippen LogP contribution in [0.3, 0.4) is 0 Å². The van der Waals surface area contributed by atoms with Crippen molar-refractivity contribution in [3.8, 4) is 5.75 Å². The lowest BCUT2D eigenvalue weighted by Crippen LogP contribution is -2.46. The van der Waals surface area contributed by atoms with Crippen LogP contribution in [0.4, 0.5) is 0 Å². The van der Waals surface area contributed by atoms with E-state index in [9.17, 15) is 4.79 Å². The first-order valence-electron chi connectivity index (χ1n) is 11.3. The number of carbonyl (C=O) groups excluding carboxylic acids is 1. The van der Waals surface area contributed by atoms with Gasteiger partial charge in [-0.2, -0.15) is 0 Å². The maximum atomic E-state index is 13.6. The number of unbranched alkanes of at least 4 members (excludes halogenated alkanes) is 1. The number of aryl methyl sites for hydroxylation is 1. The fourth-order valence-corrected chi connectivity index (χ4v) is 5.82. The Morgan fingerprint density at radius 2 is 1.72 bits per heavy atom. The molecule has 4 nitrogen and oxygen atoms in total. The molecule has 2 aromatic carbocycles. The molecule has 0 N–H and O–H groups in total. The van der Waals surface area contributed by atoms with Crippen LogP contribution in [-0.4, -0.2) is 43.6 Å². The molecule has 1 heterocycles. The lowest BCUT2D eigenvalue weighted by atomic mass is 9.98. The van der Waals surface area contributed by atoms with Crippen LogP contribution < -0.4 is 4.74 Å². The van der Waals surface area contributed by atoms with E-state index in [-0.39, 0.29) is 5.78 Å². The van der Waals surface area contributed by atoms with Crippen molar-refractivity contribution in [1.82, 2.24) is 0 Å². The van der Waals surface area contributed by atoms with Crippen molar-refractivity contribution < 1.29 is 18.4 Å². The highest BCUT2D eigenvalue weighted by molar-refractivity contribution is 14.1. The molecule has 32 heavy (non-hydrogen) atoms. The van der Waals surface area contributed by atoms with Gasteiger partial charge < -0.3 is 13.6 Å².